The van der Waals surface area contributed by atoms with Crippen molar-refractivity contribution in [1.82, 2.24) is 14.5 Å². The maximum absolute atomic E-state index is 6.13. The lowest BCUT2D eigenvalue weighted by Gasteiger charge is -2.44. The fourth-order valence-electron chi connectivity index (χ4n) is 13.2. The van der Waals surface area contributed by atoms with Crippen LogP contribution in [0, 0.1) is 0 Å². The molecule has 0 spiro atoms. The van der Waals surface area contributed by atoms with Gasteiger partial charge in [0.2, 0.25) is 5.95 Å². The Hall–Kier alpha value is -6.96. The number of para-hydroxylation sites is 2. The zero-order chi connectivity index (χ0) is 55.7. The molecule has 1 aliphatic carbocycles. The molecule has 0 saturated carbocycles. The molecule has 398 valence electrons. The van der Waals surface area contributed by atoms with Gasteiger partial charge in [0, 0.05) is 48.0 Å². The molecule has 0 fully saturated rings. The highest BCUT2D eigenvalue weighted by atomic mass is 32.1. The van der Waals surface area contributed by atoms with E-state index in [4.69, 9.17) is 9.97 Å². The molecule has 13 rings (SSSR count). The zero-order valence-electron chi connectivity index (χ0n) is 49.5. The molecule has 0 amide bonds. The van der Waals surface area contributed by atoms with E-state index in [0.717, 1.165) is 58.0 Å². The Morgan fingerprint density at radius 1 is 0.481 bits per heavy atom. The largest absolute Gasteiger partial charge is 0.295 e. The lowest BCUT2D eigenvalue weighted by molar-refractivity contribution is 0.332. The van der Waals surface area contributed by atoms with E-state index in [1.807, 2.05) is 11.3 Å². The summed E-state index contributed by atoms with van der Waals surface area (Å²) in [5.41, 5.74) is 19.4. The summed E-state index contributed by atoms with van der Waals surface area (Å²) in [6.45, 7) is 37.5. The van der Waals surface area contributed by atoms with Gasteiger partial charge in [-0.1, -0.05) is 202 Å². The first-order valence-electron chi connectivity index (χ1n) is 28.8. The molecule has 3 aromatic heterocycles. The molecule has 7 aromatic carbocycles. The van der Waals surface area contributed by atoms with Crippen LogP contribution >= 0.6 is 11.3 Å². The Morgan fingerprint density at radius 3 is 1.61 bits per heavy atom. The van der Waals surface area contributed by atoms with Crippen molar-refractivity contribution < 1.29 is 0 Å². The van der Waals surface area contributed by atoms with Crippen molar-refractivity contribution in [3.05, 3.63) is 179 Å². The number of thiophene rings is 1. The quantitative estimate of drug-likeness (QED) is 0.165. The van der Waals surface area contributed by atoms with E-state index in [0.29, 0.717) is 5.95 Å². The first kappa shape index (κ1) is 51.5. The Morgan fingerprint density at radius 2 is 1.00 bits per heavy atom. The third-order valence-electron chi connectivity index (χ3n) is 18.1. The average molecular weight is 1050 g/mol. The van der Waals surface area contributed by atoms with E-state index in [1.165, 1.54) is 81.3 Å². The highest BCUT2D eigenvalue weighted by Gasteiger charge is 2.49. The van der Waals surface area contributed by atoms with Crippen LogP contribution in [0.5, 0.6) is 0 Å². The van der Waals surface area contributed by atoms with Gasteiger partial charge in [0.05, 0.1) is 22.4 Å². The van der Waals surface area contributed by atoms with Gasteiger partial charge < -0.3 is 0 Å². The van der Waals surface area contributed by atoms with E-state index >= 15 is 0 Å². The van der Waals surface area contributed by atoms with E-state index < -0.39 is 0 Å². The Bertz CT molecular complexity index is 4090. The standard InChI is InChI=1S/C72H76BN5S/c1-67(2,3)44-27-25-43(26-28-44)51-39-45(68(4,5)6)29-34-58(51)77-59-35-30-47(70(10,11)12)41-55(59)73-61-64(74-66(75-65(61)77)78-56-23-19-17-21-49(56)50-22-18-20-24-57(50)78)76(48-32-33-53-54(42-48)72(15,16)38-37-71(53,13)14)62-52-40-46(69(7,8)9)31-36-60(52)79-63(62)73/h17-36,39-42H,37-38H2,1-16H3. The van der Waals surface area contributed by atoms with Gasteiger partial charge in [0.25, 0.3) is 6.71 Å². The summed E-state index contributed by atoms with van der Waals surface area (Å²) >= 11 is 1.95. The van der Waals surface area contributed by atoms with Crippen molar-refractivity contribution in [2.24, 2.45) is 0 Å². The minimum Gasteiger partial charge on any atom is -0.295 e. The van der Waals surface area contributed by atoms with Crippen LogP contribution in [0.4, 0.5) is 34.4 Å². The summed E-state index contributed by atoms with van der Waals surface area (Å²) in [7, 11) is 0. The van der Waals surface area contributed by atoms with Crippen molar-refractivity contribution in [3.8, 4) is 17.1 Å². The van der Waals surface area contributed by atoms with Crippen LogP contribution in [0.3, 0.4) is 0 Å². The zero-order valence-corrected chi connectivity index (χ0v) is 50.3. The third-order valence-corrected chi connectivity index (χ3v) is 19.4. The number of fused-ring (bicyclic) bond motifs is 10. The fraction of sp³-hybridized carbons (Fsp3) is 0.333. The second-order valence-electron chi connectivity index (χ2n) is 28.7. The molecule has 0 radical (unpaired) electrons. The van der Waals surface area contributed by atoms with Gasteiger partial charge in [-0.05, 0) is 144 Å². The van der Waals surface area contributed by atoms with Gasteiger partial charge >= 0.3 is 0 Å². The van der Waals surface area contributed by atoms with Crippen molar-refractivity contribution in [1.29, 1.82) is 0 Å². The summed E-state index contributed by atoms with van der Waals surface area (Å²) in [6, 6.07) is 56.1. The summed E-state index contributed by atoms with van der Waals surface area (Å²) < 4.78 is 4.94. The third kappa shape index (κ3) is 8.13. The first-order chi connectivity index (χ1) is 37.2. The maximum Gasteiger partial charge on any atom is 0.268 e. The van der Waals surface area contributed by atoms with Crippen LogP contribution < -0.4 is 25.5 Å². The van der Waals surface area contributed by atoms with E-state index in [-0.39, 0.29) is 39.2 Å². The predicted octanol–water partition coefficient (Wildman–Crippen LogP) is 18.1. The predicted molar refractivity (Wildman–Crippen MR) is 341 cm³/mol. The highest BCUT2D eigenvalue weighted by Crippen LogP contribution is 2.53. The Labute approximate surface area is 473 Å². The molecule has 0 unspecified atom stereocenters. The SMILES string of the molecule is CC(C)(C)c1ccc(-c2cc(C(C)(C)C)ccc2N2c3ccc(C(C)(C)C)cc3B3c4sc5ccc(C(C)(C)C)cc5c4N(c4ccc5c(c4)C(C)(C)CCC5(C)C)c4nc(-n5c6ccccc6c6ccccc65)nc2c43)cc1. The summed E-state index contributed by atoms with van der Waals surface area (Å²) in [6.07, 6.45) is 2.28. The molecule has 3 aliphatic rings. The van der Waals surface area contributed by atoms with E-state index in [9.17, 15) is 0 Å². The van der Waals surface area contributed by atoms with E-state index in [1.54, 1.807) is 0 Å². The molecule has 2 aliphatic heterocycles. The average Bonchev–Trinajstić information content (AvgIpc) is 4.19. The molecule has 0 atom stereocenters. The van der Waals surface area contributed by atoms with Crippen molar-refractivity contribution >= 4 is 100 Å². The van der Waals surface area contributed by atoms with Gasteiger partial charge in [-0.25, -0.2) is 0 Å². The van der Waals surface area contributed by atoms with Gasteiger partial charge in [-0.3, -0.25) is 14.4 Å². The van der Waals surface area contributed by atoms with E-state index in [2.05, 4.69) is 271 Å². The minimum atomic E-state index is -0.163. The molecule has 0 saturated heterocycles. The molecule has 79 heavy (non-hydrogen) atoms. The number of hydrogen-bond donors (Lipinski definition) is 0. The van der Waals surface area contributed by atoms with Crippen LogP contribution in [0.15, 0.2) is 146 Å². The van der Waals surface area contributed by atoms with Gasteiger partial charge in [0.1, 0.15) is 11.6 Å². The van der Waals surface area contributed by atoms with Crippen LogP contribution in [-0.2, 0) is 32.5 Å². The van der Waals surface area contributed by atoms with Crippen LogP contribution in [0.2, 0.25) is 0 Å². The monoisotopic (exact) mass is 1050 g/mol. The lowest BCUT2D eigenvalue weighted by Crippen LogP contribution is -2.61. The number of hydrogen-bond acceptors (Lipinski definition) is 5. The Balaban J connectivity index is 1.21. The molecule has 10 aromatic rings. The van der Waals surface area contributed by atoms with Crippen LogP contribution in [0.1, 0.15) is 157 Å². The van der Waals surface area contributed by atoms with Crippen LogP contribution in [-0.4, -0.2) is 21.2 Å². The maximum atomic E-state index is 6.13. The summed E-state index contributed by atoms with van der Waals surface area (Å²) in [5.74, 6) is 2.48. The highest BCUT2D eigenvalue weighted by molar-refractivity contribution is 7.33. The summed E-state index contributed by atoms with van der Waals surface area (Å²) in [4.78, 5) is 17.3. The second-order valence-corrected chi connectivity index (χ2v) is 29.7. The Kier molecular flexibility index (Phi) is 11.3. The van der Waals surface area contributed by atoms with Gasteiger partial charge in [-0.2, -0.15) is 9.97 Å². The number of rotatable bonds is 4. The molecular weight excluding hydrogens is 978 g/mol. The molecule has 5 heterocycles. The minimum absolute atomic E-state index is 0.0130. The molecule has 0 N–H and O–H groups in total. The number of nitrogens with zero attached hydrogens (tertiary/aromatic N) is 5. The van der Waals surface area contributed by atoms with Gasteiger partial charge in [-0.15, -0.1) is 11.3 Å². The topological polar surface area (TPSA) is 37.2 Å². The number of aromatic nitrogens is 3. The number of benzene rings is 7. The number of anilines is 6. The van der Waals surface area contributed by atoms with Crippen LogP contribution in [0.25, 0.3) is 49.0 Å². The molecule has 5 nitrogen and oxygen atoms in total. The molecular formula is C72H76BN5S. The smallest absolute Gasteiger partial charge is 0.268 e. The summed E-state index contributed by atoms with van der Waals surface area (Å²) in [5, 5.41) is 3.63. The molecule has 7 heteroatoms. The lowest BCUT2D eigenvalue weighted by atomic mass is 9.36. The molecule has 0 bridgehead atoms. The first-order valence-corrected chi connectivity index (χ1v) is 29.6. The van der Waals surface area contributed by atoms with Crippen molar-refractivity contribution in [3.63, 3.8) is 0 Å². The second kappa shape index (κ2) is 17.3. The van der Waals surface area contributed by atoms with Crippen molar-refractivity contribution in [2.75, 3.05) is 9.80 Å². The van der Waals surface area contributed by atoms with Gasteiger partial charge in [0.15, 0.2) is 0 Å². The van der Waals surface area contributed by atoms with Crippen molar-refractivity contribution in [2.45, 2.75) is 156 Å². The fourth-order valence-corrected chi connectivity index (χ4v) is 14.5. The normalized spacial score (nSPS) is 15.9.